The molecule has 0 fully saturated rings. The number of thioether (sulfide) groups is 1. The molecule has 0 saturated heterocycles. The molecule has 9 heteroatoms. The van der Waals surface area contributed by atoms with Gasteiger partial charge >= 0.3 is 5.97 Å². The van der Waals surface area contributed by atoms with E-state index in [2.05, 4.69) is 0 Å². The Kier molecular flexibility index (Phi) is 6.56. The van der Waals surface area contributed by atoms with Crippen molar-refractivity contribution < 1.29 is 32.6 Å². The van der Waals surface area contributed by atoms with Gasteiger partial charge in [0.1, 0.15) is 28.0 Å². The van der Waals surface area contributed by atoms with Crippen LogP contribution < -0.4 is 4.74 Å². The highest BCUT2D eigenvalue weighted by molar-refractivity contribution is 8.00. The Morgan fingerprint density at radius 1 is 1.03 bits per heavy atom. The normalized spacial score (nSPS) is 11.3. The van der Waals surface area contributed by atoms with Crippen LogP contribution >= 0.6 is 11.8 Å². The predicted molar refractivity (Wildman–Crippen MR) is 114 cm³/mol. The molecule has 0 aliphatic rings. The van der Waals surface area contributed by atoms with E-state index in [0.717, 1.165) is 40.3 Å². The van der Waals surface area contributed by atoms with E-state index in [1.807, 2.05) is 0 Å². The summed E-state index contributed by atoms with van der Waals surface area (Å²) >= 11 is 1.18. The molecule has 0 atom stereocenters. The van der Waals surface area contributed by atoms with Crippen LogP contribution in [0.5, 0.6) is 17.2 Å². The third-order valence-electron chi connectivity index (χ3n) is 4.36. The highest BCUT2D eigenvalue weighted by Crippen LogP contribution is 2.37. The standard InChI is InChI=1S/C22H19FO6S2/c1-13-9-17(30-12-21(25)26)10-14(2)22(13)29-16-5-8-19(24)20(11-16)31(27,28)18-6-3-15(23)4-7-18/h3-11,24H,12H2,1-2H3,(H,25,26). The molecule has 3 aromatic rings. The molecule has 0 aliphatic carbocycles. The van der Waals surface area contributed by atoms with E-state index in [0.29, 0.717) is 5.75 Å². The number of ether oxygens (including phenoxy) is 1. The van der Waals surface area contributed by atoms with E-state index >= 15 is 0 Å². The molecule has 0 radical (unpaired) electrons. The van der Waals surface area contributed by atoms with Gasteiger partial charge in [-0.3, -0.25) is 4.79 Å². The predicted octanol–water partition coefficient (Wildman–Crippen LogP) is 4.95. The van der Waals surface area contributed by atoms with Gasteiger partial charge in [-0.2, -0.15) is 0 Å². The summed E-state index contributed by atoms with van der Waals surface area (Å²) in [6.07, 6.45) is 0. The number of carboxylic acid groups (broad SMARTS) is 1. The molecule has 3 aromatic carbocycles. The highest BCUT2D eigenvalue weighted by Gasteiger charge is 2.23. The number of aliphatic carboxylic acids is 1. The van der Waals surface area contributed by atoms with Gasteiger partial charge in [-0.25, -0.2) is 12.8 Å². The van der Waals surface area contributed by atoms with Crippen molar-refractivity contribution in [2.75, 3.05) is 5.75 Å². The molecule has 6 nitrogen and oxygen atoms in total. The minimum Gasteiger partial charge on any atom is -0.507 e. The summed E-state index contributed by atoms with van der Waals surface area (Å²) in [5.41, 5.74) is 1.48. The van der Waals surface area contributed by atoms with Crippen molar-refractivity contribution >= 4 is 27.6 Å². The first kappa shape index (κ1) is 22.6. The van der Waals surface area contributed by atoms with Gasteiger partial charge in [0.25, 0.3) is 0 Å². The monoisotopic (exact) mass is 462 g/mol. The number of carbonyl (C=O) groups is 1. The smallest absolute Gasteiger partial charge is 0.313 e. The van der Waals surface area contributed by atoms with Gasteiger partial charge in [0.15, 0.2) is 0 Å². The minimum absolute atomic E-state index is 0.0678. The zero-order valence-electron chi connectivity index (χ0n) is 16.6. The molecule has 0 heterocycles. The molecule has 0 unspecified atom stereocenters. The van der Waals surface area contributed by atoms with E-state index in [1.54, 1.807) is 26.0 Å². The molecule has 0 spiro atoms. The first-order chi connectivity index (χ1) is 14.6. The van der Waals surface area contributed by atoms with Crippen molar-refractivity contribution in [1.82, 2.24) is 0 Å². The molecule has 0 aliphatic heterocycles. The van der Waals surface area contributed by atoms with Gasteiger partial charge < -0.3 is 14.9 Å². The van der Waals surface area contributed by atoms with Crippen LogP contribution in [0.1, 0.15) is 11.1 Å². The number of phenolic OH excluding ortho intramolecular Hbond substituents is 1. The molecule has 0 amide bonds. The third kappa shape index (κ3) is 5.18. The van der Waals surface area contributed by atoms with Gasteiger partial charge in [-0.1, -0.05) is 0 Å². The van der Waals surface area contributed by atoms with E-state index in [9.17, 15) is 22.7 Å². The molecule has 0 saturated carbocycles. The lowest BCUT2D eigenvalue weighted by Gasteiger charge is -2.15. The highest BCUT2D eigenvalue weighted by atomic mass is 32.2. The zero-order valence-corrected chi connectivity index (χ0v) is 18.3. The average molecular weight is 463 g/mol. The van der Waals surface area contributed by atoms with Gasteiger partial charge in [0, 0.05) is 11.0 Å². The van der Waals surface area contributed by atoms with Gasteiger partial charge in [-0.15, -0.1) is 11.8 Å². The quantitative estimate of drug-likeness (QED) is 0.378. The SMILES string of the molecule is Cc1cc(SCC(=O)O)cc(C)c1Oc1ccc(O)c(S(=O)(=O)c2ccc(F)cc2)c1. The number of aromatic hydroxyl groups is 1. The second-order valence-corrected chi connectivity index (χ2v) is 9.72. The van der Waals surface area contributed by atoms with Crippen LogP contribution in [0, 0.1) is 19.7 Å². The van der Waals surface area contributed by atoms with E-state index < -0.39 is 27.4 Å². The summed E-state index contributed by atoms with van der Waals surface area (Å²) in [5, 5.41) is 19.0. The number of phenols is 1. The molecule has 2 N–H and O–H groups in total. The molecule has 31 heavy (non-hydrogen) atoms. The summed E-state index contributed by atoms with van der Waals surface area (Å²) in [6, 6.07) is 11.7. The van der Waals surface area contributed by atoms with Crippen LogP contribution in [0.3, 0.4) is 0 Å². The topological polar surface area (TPSA) is 101 Å². The zero-order chi connectivity index (χ0) is 22.8. The number of hydrogen-bond donors (Lipinski definition) is 2. The first-order valence-corrected chi connectivity index (χ1v) is 11.5. The summed E-state index contributed by atoms with van der Waals surface area (Å²) in [4.78, 5) is 11.0. The number of benzene rings is 3. The second-order valence-electron chi connectivity index (χ2n) is 6.76. The first-order valence-electron chi connectivity index (χ1n) is 9.05. The van der Waals surface area contributed by atoms with Crippen molar-refractivity contribution in [1.29, 1.82) is 0 Å². The summed E-state index contributed by atoms with van der Waals surface area (Å²) in [6.45, 7) is 3.59. The summed E-state index contributed by atoms with van der Waals surface area (Å²) < 4.78 is 44.8. The second kappa shape index (κ2) is 8.99. The molecule has 0 aromatic heterocycles. The van der Waals surface area contributed by atoms with Crippen molar-refractivity contribution in [2.24, 2.45) is 0 Å². The van der Waals surface area contributed by atoms with Crippen LogP contribution in [0.2, 0.25) is 0 Å². The molecule has 3 rings (SSSR count). The number of sulfone groups is 1. The van der Waals surface area contributed by atoms with Crippen LogP contribution in [-0.4, -0.2) is 30.4 Å². The molecule has 162 valence electrons. The number of rotatable bonds is 7. The van der Waals surface area contributed by atoms with E-state index in [-0.39, 0.29) is 21.3 Å². The third-order valence-corrected chi connectivity index (χ3v) is 7.12. The lowest BCUT2D eigenvalue weighted by molar-refractivity contribution is -0.133. The summed E-state index contributed by atoms with van der Waals surface area (Å²) in [7, 11) is -4.10. The Morgan fingerprint density at radius 3 is 2.23 bits per heavy atom. The number of halogens is 1. The lowest BCUT2D eigenvalue weighted by Crippen LogP contribution is -2.03. The number of carboxylic acids is 1. The van der Waals surface area contributed by atoms with Gasteiger partial charge in [0.2, 0.25) is 9.84 Å². The van der Waals surface area contributed by atoms with Crippen LogP contribution in [-0.2, 0) is 14.6 Å². The van der Waals surface area contributed by atoms with Gasteiger partial charge in [0.05, 0.1) is 10.6 Å². The Morgan fingerprint density at radius 2 is 1.65 bits per heavy atom. The van der Waals surface area contributed by atoms with E-state index in [1.165, 1.54) is 30.0 Å². The van der Waals surface area contributed by atoms with Crippen molar-refractivity contribution in [3.63, 3.8) is 0 Å². The van der Waals surface area contributed by atoms with Crippen LogP contribution in [0.4, 0.5) is 4.39 Å². The maximum Gasteiger partial charge on any atom is 0.313 e. The largest absolute Gasteiger partial charge is 0.507 e. The Bertz CT molecular complexity index is 1210. The molecular weight excluding hydrogens is 443 g/mol. The Labute approximate surface area is 183 Å². The Hall–Kier alpha value is -3.04. The summed E-state index contributed by atoms with van der Waals surface area (Å²) in [5.74, 6) is -1.32. The minimum atomic E-state index is -4.10. The van der Waals surface area contributed by atoms with Crippen LogP contribution in [0.15, 0.2) is 69.3 Å². The average Bonchev–Trinajstić information content (AvgIpc) is 2.70. The molecular formula is C22H19FO6S2. The van der Waals surface area contributed by atoms with Crippen molar-refractivity contribution in [3.8, 4) is 17.2 Å². The number of hydrogen-bond acceptors (Lipinski definition) is 6. The van der Waals surface area contributed by atoms with Crippen molar-refractivity contribution in [2.45, 2.75) is 28.5 Å². The van der Waals surface area contributed by atoms with E-state index in [4.69, 9.17) is 9.84 Å². The molecule has 0 bridgehead atoms. The Balaban J connectivity index is 1.94. The number of aryl methyl sites for hydroxylation is 2. The fourth-order valence-corrected chi connectivity index (χ4v) is 5.11. The maximum atomic E-state index is 13.2. The maximum absolute atomic E-state index is 13.2. The fraction of sp³-hybridized carbons (Fsp3) is 0.136. The fourth-order valence-electron chi connectivity index (χ4n) is 2.93. The van der Waals surface area contributed by atoms with Gasteiger partial charge in [-0.05, 0) is 73.5 Å². The van der Waals surface area contributed by atoms with Crippen molar-refractivity contribution in [3.05, 3.63) is 71.5 Å². The lowest BCUT2D eigenvalue weighted by atomic mass is 10.1. The van der Waals surface area contributed by atoms with Crippen LogP contribution in [0.25, 0.3) is 0 Å².